The summed E-state index contributed by atoms with van der Waals surface area (Å²) < 4.78 is 3.17. The van der Waals surface area contributed by atoms with Crippen molar-refractivity contribution in [2.75, 3.05) is 0 Å². The second-order valence-corrected chi connectivity index (χ2v) is 4.36. The lowest BCUT2D eigenvalue weighted by Gasteiger charge is -2.02. The average Bonchev–Trinajstić information content (AvgIpc) is 2.32. The molecule has 1 aromatic heterocycles. The van der Waals surface area contributed by atoms with E-state index in [1.54, 1.807) is 0 Å². The highest BCUT2D eigenvalue weighted by Gasteiger charge is 2.27. The highest BCUT2D eigenvalue weighted by molar-refractivity contribution is 6.66. The molecular formula is C5H3Cl4NO. The van der Waals surface area contributed by atoms with Gasteiger partial charge in [0.15, 0.2) is 5.76 Å². The molecule has 0 aliphatic heterocycles. The molecule has 0 aromatic carbocycles. The lowest BCUT2D eigenvalue weighted by Crippen LogP contribution is -1.99. The van der Waals surface area contributed by atoms with E-state index in [2.05, 4.69) is 5.16 Å². The summed E-state index contributed by atoms with van der Waals surface area (Å²) in [6.07, 6.45) is 0. The molecule has 0 aliphatic carbocycles. The summed E-state index contributed by atoms with van der Waals surface area (Å²) >= 11 is 21.9. The lowest BCUT2D eigenvalue weighted by molar-refractivity contribution is 0.388. The predicted octanol–water partition coefficient (Wildman–Crippen LogP) is 3.24. The molecule has 1 aromatic rings. The van der Waals surface area contributed by atoms with Gasteiger partial charge in [0, 0.05) is 6.07 Å². The number of hydrogen-bond acceptors (Lipinski definition) is 2. The van der Waals surface area contributed by atoms with Gasteiger partial charge in [0.05, 0.1) is 5.88 Å². The maximum atomic E-state index is 5.49. The maximum Gasteiger partial charge on any atom is 0.235 e. The van der Waals surface area contributed by atoms with Crippen molar-refractivity contribution < 1.29 is 4.52 Å². The van der Waals surface area contributed by atoms with E-state index in [4.69, 9.17) is 50.9 Å². The number of hydrogen-bond donors (Lipinski definition) is 0. The molecule has 0 N–H and O–H groups in total. The van der Waals surface area contributed by atoms with Crippen LogP contribution in [-0.2, 0) is 9.67 Å². The number of rotatable bonds is 1. The van der Waals surface area contributed by atoms with E-state index in [0.717, 1.165) is 0 Å². The normalized spacial score (nSPS) is 12.0. The number of halogens is 4. The summed E-state index contributed by atoms with van der Waals surface area (Å²) in [6.45, 7) is 0. The standard InChI is InChI=1S/C5H3Cl4NO/c6-2-3-1-4(10-11-3)5(7,8)9/h1H,2H2. The molecule has 0 fully saturated rings. The van der Waals surface area contributed by atoms with Gasteiger partial charge >= 0.3 is 0 Å². The largest absolute Gasteiger partial charge is 0.360 e. The highest BCUT2D eigenvalue weighted by atomic mass is 35.6. The van der Waals surface area contributed by atoms with Gasteiger partial charge < -0.3 is 4.52 Å². The summed E-state index contributed by atoms with van der Waals surface area (Å²) in [7, 11) is 0. The molecule has 0 bridgehead atoms. The molecule has 0 aliphatic rings. The Hall–Kier alpha value is 0.370. The van der Waals surface area contributed by atoms with Gasteiger partial charge in [-0.3, -0.25) is 0 Å². The molecule has 0 radical (unpaired) electrons. The van der Waals surface area contributed by atoms with Gasteiger partial charge in [-0.1, -0.05) is 40.0 Å². The van der Waals surface area contributed by atoms with Crippen molar-refractivity contribution in [1.82, 2.24) is 5.16 Å². The van der Waals surface area contributed by atoms with Crippen molar-refractivity contribution >= 4 is 46.4 Å². The number of alkyl halides is 4. The Morgan fingerprint density at radius 3 is 2.36 bits per heavy atom. The summed E-state index contributed by atoms with van der Waals surface area (Å²) in [4.78, 5) is 0. The first-order chi connectivity index (χ1) is 5.04. The minimum atomic E-state index is -1.53. The third-order valence-corrected chi connectivity index (χ3v) is 1.83. The van der Waals surface area contributed by atoms with E-state index in [-0.39, 0.29) is 11.6 Å². The van der Waals surface area contributed by atoms with E-state index < -0.39 is 3.79 Å². The van der Waals surface area contributed by atoms with E-state index in [1.165, 1.54) is 6.07 Å². The molecule has 0 saturated carbocycles. The fraction of sp³-hybridized carbons (Fsp3) is 0.400. The summed E-state index contributed by atoms with van der Waals surface area (Å²) in [5.74, 6) is 0.696. The fourth-order valence-corrected chi connectivity index (χ4v) is 0.903. The van der Waals surface area contributed by atoms with E-state index in [0.29, 0.717) is 5.76 Å². The topological polar surface area (TPSA) is 26.0 Å². The average molecular weight is 235 g/mol. The minimum Gasteiger partial charge on any atom is -0.360 e. The third-order valence-electron chi connectivity index (χ3n) is 0.981. The Balaban J connectivity index is 2.89. The molecular weight excluding hydrogens is 232 g/mol. The van der Waals surface area contributed by atoms with Crippen molar-refractivity contribution in [2.24, 2.45) is 0 Å². The van der Waals surface area contributed by atoms with Gasteiger partial charge in [-0.05, 0) is 0 Å². The van der Waals surface area contributed by atoms with Crippen LogP contribution < -0.4 is 0 Å². The summed E-state index contributed by atoms with van der Waals surface area (Å²) in [5, 5.41) is 3.50. The Morgan fingerprint density at radius 2 is 2.09 bits per heavy atom. The van der Waals surface area contributed by atoms with Crippen LogP contribution in [0.2, 0.25) is 0 Å². The summed E-state index contributed by atoms with van der Waals surface area (Å²) in [5.41, 5.74) is 0.248. The van der Waals surface area contributed by atoms with Crippen LogP contribution in [0.15, 0.2) is 10.6 Å². The maximum absolute atomic E-state index is 5.49. The first-order valence-corrected chi connectivity index (χ1v) is 4.29. The first kappa shape index (κ1) is 9.46. The molecule has 2 nitrogen and oxygen atoms in total. The highest BCUT2D eigenvalue weighted by Crippen LogP contribution is 2.37. The first-order valence-electron chi connectivity index (χ1n) is 2.63. The Kier molecular flexibility index (Phi) is 2.92. The van der Waals surface area contributed by atoms with Gasteiger partial charge in [-0.25, -0.2) is 0 Å². The number of aromatic nitrogens is 1. The molecule has 11 heavy (non-hydrogen) atoms. The minimum absolute atomic E-state index is 0.216. The van der Waals surface area contributed by atoms with Crippen LogP contribution in [0.4, 0.5) is 0 Å². The van der Waals surface area contributed by atoms with Crippen molar-refractivity contribution in [3.8, 4) is 0 Å². The van der Waals surface area contributed by atoms with Crippen LogP contribution in [0, 0.1) is 0 Å². The molecule has 0 unspecified atom stereocenters. The smallest absolute Gasteiger partial charge is 0.235 e. The second-order valence-electron chi connectivity index (χ2n) is 1.81. The number of nitrogens with zero attached hydrogens (tertiary/aromatic N) is 1. The zero-order valence-corrected chi connectivity index (χ0v) is 8.18. The van der Waals surface area contributed by atoms with Crippen molar-refractivity contribution in [3.05, 3.63) is 17.5 Å². The van der Waals surface area contributed by atoms with Crippen LogP contribution in [0.5, 0.6) is 0 Å². The van der Waals surface area contributed by atoms with E-state index in [1.807, 2.05) is 0 Å². The molecule has 0 amide bonds. The third kappa shape index (κ3) is 2.41. The van der Waals surface area contributed by atoms with Crippen molar-refractivity contribution in [3.63, 3.8) is 0 Å². The molecule has 0 atom stereocenters. The monoisotopic (exact) mass is 233 g/mol. The molecule has 6 heteroatoms. The van der Waals surface area contributed by atoms with Gasteiger partial charge in [-0.2, -0.15) is 0 Å². The van der Waals surface area contributed by atoms with E-state index in [9.17, 15) is 0 Å². The Bertz CT molecular complexity index is 241. The van der Waals surface area contributed by atoms with Crippen LogP contribution >= 0.6 is 46.4 Å². The van der Waals surface area contributed by atoms with Gasteiger partial charge in [0.25, 0.3) is 0 Å². The van der Waals surface area contributed by atoms with Crippen LogP contribution in [0.25, 0.3) is 0 Å². The fourth-order valence-electron chi connectivity index (χ4n) is 0.510. The van der Waals surface area contributed by atoms with Gasteiger partial charge in [0.2, 0.25) is 3.79 Å². The molecule has 0 saturated heterocycles. The van der Waals surface area contributed by atoms with Gasteiger partial charge in [0.1, 0.15) is 5.69 Å². The Morgan fingerprint density at radius 1 is 1.45 bits per heavy atom. The zero-order valence-electron chi connectivity index (χ0n) is 5.15. The van der Waals surface area contributed by atoms with Crippen molar-refractivity contribution in [1.29, 1.82) is 0 Å². The van der Waals surface area contributed by atoms with Crippen LogP contribution in [0.3, 0.4) is 0 Å². The second kappa shape index (κ2) is 3.40. The zero-order chi connectivity index (χ0) is 8.48. The van der Waals surface area contributed by atoms with Crippen LogP contribution in [-0.4, -0.2) is 5.16 Å². The Labute approximate surface area is 83.3 Å². The van der Waals surface area contributed by atoms with Gasteiger partial charge in [-0.15, -0.1) is 11.6 Å². The molecule has 62 valence electrons. The molecule has 1 heterocycles. The van der Waals surface area contributed by atoms with Crippen molar-refractivity contribution in [2.45, 2.75) is 9.67 Å². The molecule has 0 spiro atoms. The quantitative estimate of drug-likeness (QED) is 0.698. The predicted molar refractivity (Wildman–Crippen MR) is 45.3 cm³/mol. The van der Waals surface area contributed by atoms with Crippen LogP contribution in [0.1, 0.15) is 11.5 Å². The van der Waals surface area contributed by atoms with E-state index >= 15 is 0 Å². The molecule has 1 rings (SSSR count). The lowest BCUT2D eigenvalue weighted by atomic mass is 10.4. The summed E-state index contributed by atoms with van der Waals surface area (Å²) in [6, 6.07) is 1.50. The SMILES string of the molecule is ClCc1cc(C(Cl)(Cl)Cl)no1.